The van der Waals surface area contributed by atoms with E-state index < -0.39 is 6.61 Å². The quantitative estimate of drug-likeness (QED) is 0.831. The molecule has 0 amide bonds. The van der Waals surface area contributed by atoms with E-state index in [1.165, 1.54) is 20.0 Å². The van der Waals surface area contributed by atoms with Gasteiger partial charge in [-0.2, -0.15) is 8.78 Å². The van der Waals surface area contributed by atoms with Crippen LogP contribution in [0.1, 0.15) is 25.3 Å². The topological polar surface area (TPSA) is 30.5 Å². The van der Waals surface area contributed by atoms with E-state index in [4.69, 9.17) is 4.74 Å². The van der Waals surface area contributed by atoms with E-state index in [1.807, 2.05) is 19.1 Å². The van der Waals surface area contributed by atoms with Crippen molar-refractivity contribution in [2.75, 3.05) is 13.7 Å². The van der Waals surface area contributed by atoms with Crippen molar-refractivity contribution >= 4 is 6.08 Å². The molecule has 1 aromatic rings. The maximum absolute atomic E-state index is 12.3. The summed E-state index contributed by atoms with van der Waals surface area (Å²) in [5.41, 5.74) is 1.96. The minimum atomic E-state index is -2.86. The second-order valence-electron chi connectivity index (χ2n) is 4.93. The lowest BCUT2D eigenvalue weighted by Crippen LogP contribution is -2.18. The predicted octanol–water partition coefficient (Wildman–Crippen LogP) is 3.45. The van der Waals surface area contributed by atoms with Crippen LogP contribution in [-0.2, 0) is 0 Å². The number of alkyl halides is 2. The Bertz CT molecular complexity index is 485. The largest absolute Gasteiger partial charge is 0.493 e. The molecule has 20 heavy (non-hydrogen) atoms. The van der Waals surface area contributed by atoms with Crippen molar-refractivity contribution in [1.82, 2.24) is 5.32 Å². The molecular weight excluding hydrogens is 264 g/mol. The third kappa shape index (κ3) is 4.49. The summed E-state index contributed by atoms with van der Waals surface area (Å²) in [4.78, 5) is 0. The zero-order chi connectivity index (χ0) is 14.5. The van der Waals surface area contributed by atoms with Crippen LogP contribution in [0.4, 0.5) is 8.78 Å². The molecule has 0 aromatic heterocycles. The van der Waals surface area contributed by atoms with Gasteiger partial charge in [0.2, 0.25) is 0 Å². The van der Waals surface area contributed by atoms with E-state index in [2.05, 4.69) is 10.1 Å². The highest BCUT2D eigenvalue weighted by molar-refractivity contribution is 5.58. The molecule has 2 rings (SSSR count). The van der Waals surface area contributed by atoms with Gasteiger partial charge in [0.05, 0.1) is 7.11 Å². The van der Waals surface area contributed by atoms with Crippen LogP contribution in [0.2, 0.25) is 0 Å². The van der Waals surface area contributed by atoms with Crippen LogP contribution in [0, 0.1) is 0 Å². The molecule has 0 saturated heterocycles. The van der Waals surface area contributed by atoms with Crippen molar-refractivity contribution in [2.45, 2.75) is 32.4 Å². The van der Waals surface area contributed by atoms with Crippen LogP contribution in [0.3, 0.4) is 0 Å². The summed E-state index contributed by atoms with van der Waals surface area (Å²) < 4.78 is 34.2. The number of halogens is 2. The third-order valence-corrected chi connectivity index (χ3v) is 3.06. The molecule has 1 fully saturated rings. The lowest BCUT2D eigenvalue weighted by molar-refractivity contribution is -0.0512. The van der Waals surface area contributed by atoms with Gasteiger partial charge in [-0.3, -0.25) is 0 Å². The first kappa shape index (κ1) is 14.8. The van der Waals surface area contributed by atoms with Gasteiger partial charge in [0.15, 0.2) is 11.5 Å². The molecule has 1 aliphatic rings. The Balaban J connectivity index is 2.07. The fraction of sp³-hybridized carbons (Fsp3) is 0.467. The first-order valence-electron chi connectivity index (χ1n) is 6.62. The summed E-state index contributed by atoms with van der Waals surface area (Å²) in [5.74, 6) is 0.357. The molecule has 0 radical (unpaired) electrons. The average Bonchev–Trinajstić information content (AvgIpc) is 3.20. The molecule has 1 saturated carbocycles. The highest BCUT2D eigenvalue weighted by Gasteiger charge is 2.19. The fourth-order valence-electron chi connectivity index (χ4n) is 1.90. The lowest BCUT2D eigenvalue weighted by atomic mass is 10.1. The van der Waals surface area contributed by atoms with E-state index in [0.717, 1.165) is 17.7 Å². The second-order valence-corrected chi connectivity index (χ2v) is 4.93. The molecular formula is C15H19F2NO2. The first-order chi connectivity index (χ1) is 9.58. The highest BCUT2D eigenvalue weighted by Crippen LogP contribution is 2.30. The number of rotatable bonds is 7. The molecule has 0 spiro atoms. The normalized spacial score (nSPS) is 15.6. The Morgan fingerprint density at radius 3 is 2.75 bits per heavy atom. The Hall–Kier alpha value is -1.62. The third-order valence-electron chi connectivity index (χ3n) is 3.06. The van der Waals surface area contributed by atoms with Crippen LogP contribution in [0.15, 0.2) is 23.8 Å². The number of nitrogens with one attached hydrogen (secondary N) is 1. The van der Waals surface area contributed by atoms with Gasteiger partial charge in [0, 0.05) is 12.6 Å². The zero-order valence-electron chi connectivity index (χ0n) is 11.7. The molecule has 0 aliphatic heterocycles. The fourth-order valence-corrected chi connectivity index (χ4v) is 1.90. The van der Waals surface area contributed by atoms with Crippen LogP contribution >= 0.6 is 0 Å². The van der Waals surface area contributed by atoms with E-state index in [0.29, 0.717) is 11.8 Å². The summed E-state index contributed by atoms with van der Waals surface area (Å²) in [6.45, 7) is -0.0459. The van der Waals surface area contributed by atoms with Crippen LogP contribution < -0.4 is 14.8 Å². The Kier molecular flexibility index (Phi) is 4.95. The Morgan fingerprint density at radius 2 is 2.15 bits per heavy atom. The summed E-state index contributed by atoms with van der Waals surface area (Å²) >= 11 is 0. The smallest absolute Gasteiger partial charge is 0.387 e. The minimum absolute atomic E-state index is 0.0548. The molecule has 0 bridgehead atoms. The van der Waals surface area contributed by atoms with Crippen LogP contribution in [0.25, 0.3) is 6.08 Å². The van der Waals surface area contributed by atoms with Crippen molar-refractivity contribution in [3.63, 3.8) is 0 Å². The van der Waals surface area contributed by atoms with Crippen molar-refractivity contribution in [2.24, 2.45) is 0 Å². The van der Waals surface area contributed by atoms with E-state index in [1.54, 1.807) is 12.1 Å². The van der Waals surface area contributed by atoms with E-state index >= 15 is 0 Å². The van der Waals surface area contributed by atoms with Crippen molar-refractivity contribution < 1.29 is 18.3 Å². The summed E-state index contributed by atoms with van der Waals surface area (Å²) in [7, 11) is 1.42. The summed E-state index contributed by atoms with van der Waals surface area (Å²) in [6.07, 6.45) is 4.43. The van der Waals surface area contributed by atoms with E-state index in [9.17, 15) is 8.78 Å². The number of hydrogen-bond donors (Lipinski definition) is 1. The minimum Gasteiger partial charge on any atom is -0.493 e. The van der Waals surface area contributed by atoms with Crippen molar-refractivity contribution in [1.29, 1.82) is 0 Å². The van der Waals surface area contributed by atoms with Crippen molar-refractivity contribution in [3.05, 3.63) is 29.3 Å². The lowest BCUT2D eigenvalue weighted by Gasteiger charge is -2.11. The molecule has 5 heteroatoms. The monoisotopic (exact) mass is 283 g/mol. The van der Waals surface area contributed by atoms with Gasteiger partial charge in [-0.1, -0.05) is 17.7 Å². The molecule has 1 aromatic carbocycles. The van der Waals surface area contributed by atoms with Gasteiger partial charge >= 0.3 is 6.61 Å². The molecule has 0 atom stereocenters. The molecule has 110 valence electrons. The average molecular weight is 283 g/mol. The number of ether oxygens (including phenoxy) is 2. The SMILES string of the molecule is COc1ccc(C=C(C)CNC2CC2)cc1OC(F)F. The molecule has 0 unspecified atom stereocenters. The van der Waals surface area contributed by atoms with Gasteiger partial charge in [-0.15, -0.1) is 0 Å². The van der Waals surface area contributed by atoms with Gasteiger partial charge in [-0.25, -0.2) is 0 Å². The molecule has 1 N–H and O–H groups in total. The first-order valence-corrected chi connectivity index (χ1v) is 6.62. The van der Waals surface area contributed by atoms with Gasteiger partial charge < -0.3 is 14.8 Å². The maximum Gasteiger partial charge on any atom is 0.387 e. The maximum atomic E-state index is 12.3. The van der Waals surface area contributed by atoms with Crippen LogP contribution in [-0.4, -0.2) is 26.3 Å². The Morgan fingerprint density at radius 1 is 1.40 bits per heavy atom. The Labute approximate surface area is 117 Å². The van der Waals surface area contributed by atoms with Gasteiger partial charge in [0.1, 0.15) is 0 Å². The second kappa shape index (κ2) is 6.70. The molecule has 1 aliphatic carbocycles. The molecule has 0 heterocycles. The summed E-state index contributed by atoms with van der Waals surface area (Å²) in [5, 5.41) is 3.40. The number of benzene rings is 1. The zero-order valence-corrected chi connectivity index (χ0v) is 11.7. The van der Waals surface area contributed by atoms with Gasteiger partial charge in [-0.05, 0) is 37.5 Å². The number of methoxy groups -OCH3 is 1. The predicted molar refractivity (Wildman–Crippen MR) is 74.3 cm³/mol. The van der Waals surface area contributed by atoms with Crippen LogP contribution in [0.5, 0.6) is 11.5 Å². The molecule has 3 nitrogen and oxygen atoms in total. The van der Waals surface area contributed by atoms with E-state index in [-0.39, 0.29) is 5.75 Å². The standard InChI is InChI=1S/C15H19F2NO2/c1-10(9-18-12-4-5-12)7-11-3-6-13(19-2)14(8-11)20-15(16)17/h3,6-8,12,15,18H,4-5,9H2,1-2H3. The van der Waals surface area contributed by atoms with Crippen molar-refractivity contribution in [3.8, 4) is 11.5 Å². The highest BCUT2D eigenvalue weighted by atomic mass is 19.3. The number of hydrogen-bond acceptors (Lipinski definition) is 3. The van der Waals surface area contributed by atoms with Gasteiger partial charge in [0.25, 0.3) is 0 Å². The summed E-state index contributed by atoms with van der Waals surface area (Å²) in [6, 6.07) is 5.65.